The van der Waals surface area contributed by atoms with E-state index in [0.29, 0.717) is 12.8 Å². The third-order valence-electron chi connectivity index (χ3n) is 12.8. The molecular formula is C38H71N2O3P. The predicted octanol–water partition coefficient (Wildman–Crippen LogP) is 8.98. The van der Waals surface area contributed by atoms with E-state index in [2.05, 4.69) is 154 Å². The maximum absolute atomic E-state index is 13.6. The van der Waals surface area contributed by atoms with E-state index in [1.165, 1.54) is 5.56 Å². The molecule has 0 radical (unpaired) electrons. The van der Waals surface area contributed by atoms with Gasteiger partial charge in [-0.05, 0) is 0 Å². The number of likely N-dealkylation sites (N-methyl/N-ethyl adjacent to an activating group) is 1. The van der Waals surface area contributed by atoms with Crippen molar-refractivity contribution >= 4 is 7.28 Å². The van der Waals surface area contributed by atoms with Gasteiger partial charge in [0.1, 0.15) is 0 Å². The first kappa shape index (κ1) is 37.9. The van der Waals surface area contributed by atoms with Crippen molar-refractivity contribution < 1.29 is 14.7 Å². The SMILES string of the molecule is CN1C(C)(C)CCC(P(O)(O)(O)C2(c3c(C(C)(C)C)cc(C(C)(C)C)cc3C(C)(C)C)CCC(C)(C)N(C)C2(C)C)C1(C)C. The molecule has 1 aromatic carbocycles. The number of nitrogens with zero attached hydrogens (tertiary/aromatic N) is 2. The van der Waals surface area contributed by atoms with Gasteiger partial charge in [-0.25, -0.2) is 0 Å². The van der Waals surface area contributed by atoms with Crippen molar-refractivity contribution in [3.8, 4) is 0 Å². The second kappa shape index (κ2) is 10.2. The van der Waals surface area contributed by atoms with Crippen LogP contribution in [0.4, 0.5) is 0 Å². The minimum absolute atomic E-state index is 0.102. The fourth-order valence-electron chi connectivity index (χ4n) is 9.18. The number of hydrogen-bond donors (Lipinski definition) is 3. The topological polar surface area (TPSA) is 67.2 Å². The molecule has 1 aromatic rings. The molecule has 3 N–H and O–H groups in total. The molecule has 44 heavy (non-hydrogen) atoms. The zero-order valence-electron chi connectivity index (χ0n) is 32.2. The first-order chi connectivity index (χ1) is 19.1. The number of piperidine rings is 2. The van der Waals surface area contributed by atoms with Gasteiger partial charge in [0, 0.05) is 0 Å². The molecule has 2 fully saturated rings. The van der Waals surface area contributed by atoms with Crippen LogP contribution in [0.3, 0.4) is 0 Å². The molecule has 3 rings (SSSR count). The van der Waals surface area contributed by atoms with Gasteiger partial charge < -0.3 is 0 Å². The fourth-order valence-corrected chi connectivity index (χ4v) is 14.1. The van der Waals surface area contributed by atoms with E-state index in [4.69, 9.17) is 0 Å². The van der Waals surface area contributed by atoms with E-state index in [1.807, 2.05) is 0 Å². The molecule has 2 atom stereocenters. The summed E-state index contributed by atoms with van der Waals surface area (Å²) >= 11 is 0. The van der Waals surface area contributed by atoms with Crippen LogP contribution in [0.1, 0.15) is 166 Å². The number of rotatable bonds is 3. The zero-order valence-corrected chi connectivity index (χ0v) is 33.1. The third-order valence-corrected chi connectivity index (χ3v) is 17.3. The first-order valence-electron chi connectivity index (χ1n) is 17.0. The van der Waals surface area contributed by atoms with Crippen molar-refractivity contribution in [2.24, 2.45) is 0 Å². The van der Waals surface area contributed by atoms with Crippen LogP contribution in [0, 0.1) is 0 Å². The van der Waals surface area contributed by atoms with Crippen LogP contribution in [-0.2, 0) is 21.4 Å². The molecule has 2 heterocycles. The molecule has 2 aliphatic heterocycles. The average Bonchev–Trinajstić information content (AvgIpc) is 2.78. The van der Waals surface area contributed by atoms with Crippen LogP contribution < -0.4 is 0 Å². The van der Waals surface area contributed by atoms with Gasteiger partial charge >= 0.3 is 273 Å². The Kier molecular flexibility index (Phi) is 8.81. The molecule has 5 nitrogen and oxygen atoms in total. The van der Waals surface area contributed by atoms with Crippen LogP contribution in [0.25, 0.3) is 0 Å². The predicted molar refractivity (Wildman–Crippen MR) is 192 cm³/mol. The van der Waals surface area contributed by atoms with Gasteiger partial charge in [0.05, 0.1) is 0 Å². The minimum atomic E-state index is -5.67. The van der Waals surface area contributed by atoms with E-state index in [0.717, 1.165) is 29.5 Å². The molecule has 0 aliphatic carbocycles. The van der Waals surface area contributed by atoms with Crippen molar-refractivity contribution in [2.75, 3.05) is 14.1 Å². The van der Waals surface area contributed by atoms with Crippen molar-refractivity contribution in [3.63, 3.8) is 0 Å². The monoisotopic (exact) mass is 635 g/mol. The summed E-state index contributed by atoms with van der Waals surface area (Å²) in [6, 6.07) is 4.66. The van der Waals surface area contributed by atoms with E-state index < -0.39 is 29.2 Å². The van der Waals surface area contributed by atoms with Crippen LogP contribution in [0.5, 0.6) is 0 Å². The first-order valence-corrected chi connectivity index (χ1v) is 19.2. The molecule has 0 aromatic heterocycles. The van der Waals surface area contributed by atoms with E-state index in [1.54, 1.807) is 0 Å². The number of likely N-dealkylation sites (tertiary alicyclic amines) is 2. The molecule has 0 amide bonds. The Morgan fingerprint density at radius 1 is 0.636 bits per heavy atom. The summed E-state index contributed by atoms with van der Waals surface area (Å²) < 4.78 is 0. The standard InChI is InChI=1S/C38H71N2O3P/c1-31(2,3)26-24-27(32(4,5)6)30(28(25-26)33(7,8)9)38(23-22-35(12,13)40(19)37(38,16)17)44(41,42,43)29-20-21-34(10,11)39(18)36(29,14)15/h24-25,29,41-43H,20-23H2,1-19H3. The molecule has 2 unspecified atom stereocenters. The summed E-state index contributed by atoms with van der Waals surface area (Å²) in [5.74, 6) is 0. The van der Waals surface area contributed by atoms with Crippen molar-refractivity contribution in [1.29, 1.82) is 0 Å². The molecule has 2 saturated heterocycles. The molecule has 256 valence electrons. The van der Waals surface area contributed by atoms with Crippen LogP contribution in [-0.4, -0.2) is 66.4 Å². The van der Waals surface area contributed by atoms with E-state index in [9.17, 15) is 14.7 Å². The normalized spacial score (nSPS) is 29.2. The Labute approximate surface area is 272 Å². The van der Waals surface area contributed by atoms with Gasteiger partial charge in [0.2, 0.25) is 0 Å². The molecule has 6 heteroatoms. The summed E-state index contributed by atoms with van der Waals surface area (Å²) in [4.78, 5) is 45.4. The summed E-state index contributed by atoms with van der Waals surface area (Å²) in [5, 5.41) is -1.34. The van der Waals surface area contributed by atoms with Gasteiger partial charge in [0.15, 0.2) is 0 Å². The van der Waals surface area contributed by atoms with Gasteiger partial charge in [-0.3, -0.25) is 0 Å². The quantitative estimate of drug-likeness (QED) is 0.290. The molecular weight excluding hydrogens is 563 g/mol. The third kappa shape index (κ3) is 5.46. The summed E-state index contributed by atoms with van der Waals surface area (Å²) in [7, 11) is -1.46. The second-order valence-electron chi connectivity index (χ2n) is 20.1. The molecule has 0 spiro atoms. The zero-order chi connectivity index (χ0) is 34.7. The van der Waals surface area contributed by atoms with Gasteiger partial charge in [-0.15, -0.1) is 0 Å². The van der Waals surface area contributed by atoms with Crippen molar-refractivity contribution in [1.82, 2.24) is 9.80 Å². The Bertz CT molecular complexity index is 1230. The van der Waals surface area contributed by atoms with Gasteiger partial charge in [-0.2, -0.15) is 0 Å². The number of hydrogen-bond acceptors (Lipinski definition) is 5. The summed E-state index contributed by atoms with van der Waals surface area (Å²) in [5.41, 5.74) is 1.19. The molecule has 0 bridgehead atoms. The Hall–Kier alpha value is -0.550. The van der Waals surface area contributed by atoms with Crippen molar-refractivity contribution in [3.05, 3.63) is 34.4 Å². The average molecular weight is 635 g/mol. The van der Waals surface area contributed by atoms with Gasteiger partial charge in [-0.1, -0.05) is 0 Å². The second-order valence-corrected chi connectivity index (χ2v) is 23.6. The van der Waals surface area contributed by atoms with Crippen molar-refractivity contribution in [2.45, 2.75) is 193 Å². The number of benzene rings is 1. The molecule has 0 saturated carbocycles. The van der Waals surface area contributed by atoms with Crippen LogP contribution in [0.15, 0.2) is 12.1 Å². The fraction of sp³-hybridized carbons (Fsp3) is 0.842. The van der Waals surface area contributed by atoms with E-state index >= 15 is 0 Å². The Balaban J connectivity index is 2.71. The van der Waals surface area contributed by atoms with Gasteiger partial charge in [0.25, 0.3) is 0 Å². The van der Waals surface area contributed by atoms with E-state index in [-0.39, 0.29) is 27.3 Å². The Morgan fingerprint density at radius 3 is 1.43 bits per heavy atom. The van der Waals surface area contributed by atoms with Crippen LogP contribution >= 0.6 is 7.28 Å². The molecule has 2 aliphatic rings. The summed E-state index contributed by atoms with van der Waals surface area (Å²) in [6.45, 7) is 37.7. The van der Waals surface area contributed by atoms with Crippen LogP contribution in [0.2, 0.25) is 0 Å². The summed E-state index contributed by atoms with van der Waals surface area (Å²) in [6.07, 6.45) is 2.54. The maximum atomic E-state index is 13.6. The Morgan fingerprint density at radius 2 is 1.05 bits per heavy atom.